The first-order valence-electron chi connectivity index (χ1n) is 7.72. The largest absolute Gasteiger partial charge is 0.354 e. The van der Waals surface area contributed by atoms with Crippen LogP contribution in [0, 0.1) is 0 Å². The van der Waals surface area contributed by atoms with Gasteiger partial charge >= 0.3 is 0 Å². The third kappa shape index (κ3) is 5.09. The second kappa shape index (κ2) is 7.97. The molecule has 1 N–H and O–H groups in total. The predicted octanol–water partition coefficient (Wildman–Crippen LogP) is 2.37. The van der Waals surface area contributed by atoms with E-state index in [0.717, 1.165) is 16.1 Å². The summed E-state index contributed by atoms with van der Waals surface area (Å²) < 4.78 is 25.1. The number of sulfonamides is 1. The van der Waals surface area contributed by atoms with Crippen LogP contribution >= 0.6 is 0 Å². The molecular weight excluding hydrogens is 324 g/mol. The molecule has 0 aliphatic rings. The van der Waals surface area contributed by atoms with Gasteiger partial charge in [-0.1, -0.05) is 55.5 Å². The highest BCUT2D eigenvalue weighted by Crippen LogP contribution is 2.16. The van der Waals surface area contributed by atoms with Crippen molar-refractivity contribution >= 4 is 21.6 Å². The van der Waals surface area contributed by atoms with Crippen LogP contribution in [0.1, 0.15) is 18.4 Å². The molecule has 2 aromatic rings. The topological polar surface area (TPSA) is 66.5 Å². The second-order valence-corrected chi connectivity index (χ2v) is 7.63. The Kier molecular flexibility index (Phi) is 5.98. The molecule has 5 nitrogen and oxygen atoms in total. The average Bonchev–Trinajstić information content (AvgIpc) is 2.58. The summed E-state index contributed by atoms with van der Waals surface area (Å²) in [5, 5.41) is 2.81. The van der Waals surface area contributed by atoms with E-state index in [0.29, 0.717) is 12.2 Å². The van der Waals surface area contributed by atoms with Crippen LogP contribution in [0.3, 0.4) is 0 Å². The van der Waals surface area contributed by atoms with E-state index in [1.165, 1.54) is 0 Å². The monoisotopic (exact) mass is 346 g/mol. The van der Waals surface area contributed by atoms with E-state index >= 15 is 0 Å². The van der Waals surface area contributed by atoms with Gasteiger partial charge in [0.2, 0.25) is 15.9 Å². The molecule has 0 saturated heterocycles. The highest BCUT2D eigenvalue weighted by molar-refractivity contribution is 7.92. The van der Waals surface area contributed by atoms with Crippen molar-refractivity contribution in [2.24, 2.45) is 0 Å². The summed E-state index contributed by atoms with van der Waals surface area (Å²) in [6.45, 7) is 2.24. The number of nitrogens with one attached hydrogen (secondary N) is 1. The molecule has 0 unspecified atom stereocenters. The van der Waals surface area contributed by atoms with E-state index in [9.17, 15) is 13.2 Å². The molecule has 0 spiro atoms. The van der Waals surface area contributed by atoms with Gasteiger partial charge in [0.25, 0.3) is 0 Å². The van der Waals surface area contributed by atoms with Gasteiger partial charge in [0.05, 0.1) is 11.9 Å². The lowest BCUT2D eigenvalue weighted by Crippen LogP contribution is -2.41. The van der Waals surface area contributed by atoms with E-state index in [-0.39, 0.29) is 18.4 Å². The Hall–Kier alpha value is -2.34. The quantitative estimate of drug-likeness (QED) is 0.837. The number of anilines is 1. The second-order valence-electron chi connectivity index (χ2n) is 5.72. The third-order valence-corrected chi connectivity index (χ3v) is 4.85. The van der Waals surface area contributed by atoms with Gasteiger partial charge in [-0.2, -0.15) is 0 Å². The summed E-state index contributed by atoms with van der Waals surface area (Å²) in [5.74, 6) is -0.175. The number of hydrogen-bond donors (Lipinski definition) is 1. The van der Waals surface area contributed by atoms with Crippen molar-refractivity contribution in [1.82, 2.24) is 5.32 Å². The van der Waals surface area contributed by atoms with Crippen molar-refractivity contribution in [1.29, 1.82) is 0 Å². The van der Waals surface area contributed by atoms with Gasteiger partial charge in [-0.15, -0.1) is 0 Å². The Morgan fingerprint density at radius 2 is 1.58 bits per heavy atom. The van der Waals surface area contributed by atoms with Crippen molar-refractivity contribution in [3.63, 3.8) is 0 Å². The van der Waals surface area contributed by atoms with Gasteiger partial charge < -0.3 is 5.32 Å². The predicted molar refractivity (Wildman–Crippen MR) is 96.5 cm³/mol. The van der Waals surface area contributed by atoms with Crippen LogP contribution in [0.4, 0.5) is 5.69 Å². The smallest absolute Gasteiger partial charge is 0.240 e. The fraction of sp³-hybridized carbons (Fsp3) is 0.278. The van der Waals surface area contributed by atoms with Crippen molar-refractivity contribution < 1.29 is 13.2 Å². The van der Waals surface area contributed by atoms with Gasteiger partial charge in [-0.05, 0) is 23.6 Å². The van der Waals surface area contributed by atoms with E-state index in [1.807, 2.05) is 37.3 Å². The maximum atomic E-state index is 12.2. The maximum Gasteiger partial charge on any atom is 0.240 e. The molecule has 1 amide bonds. The summed E-state index contributed by atoms with van der Waals surface area (Å²) in [7, 11) is -3.53. The molecule has 0 aromatic heterocycles. The fourth-order valence-electron chi connectivity index (χ4n) is 2.35. The van der Waals surface area contributed by atoms with Crippen LogP contribution in [0.15, 0.2) is 60.7 Å². The highest BCUT2D eigenvalue weighted by Gasteiger charge is 2.20. The number of hydrogen-bond acceptors (Lipinski definition) is 3. The lowest BCUT2D eigenvalue weighted by molar-refractivity contribution is -0.119. The number of carbonyl (C=O) groups excluding carboxylic acids is 1. The zero-order chi connectivity index (χ0) is 17.6. The van der Waals surface area contributed by atoms with E-state index in [4.69, 9.17) is 0 Å². The summed E-state index contributed by atoms with van der Waals surface area (Å²) in [4.78, 5) is 12.2. The maximum absolute atomic E-state index is 12.2. The molecule has 0 heterocycles. The van der Waals surface area contributed by atoms with Gasteiger partial charge in [0, 0.05) is 6.54 Å². The van der Waals surface area contributed by atoms with Crippen molar-refractivity contribution in [3.8, 4) is 0 Å². The van der Waals surface area contributed by atoms with Crippen molar-refractivity contribution in [2.75, 3.05) is 23.7 Å². The van der Waals surface area contributed by atoms with Crippen molar-refractivity contribution in [2.45, 2.75) is 12.8 Å². The van der Waals surface area contributed by atoms with Crippen LogP contribution < -0.4 is 9.62 Å². The lowest BCUT2D eigenvalue weighted by Gasteiger charge is -2.22. The number of amides is 1. The molecule has 2 rings (SSSR count). The number of rotatable bonds is 7. The van der Waals surface area contributed by atoms with E-state index in [1.54, 1.807) is 30.3 Å². The number of para-hydroxylation sites is 1. The summed E-state index contributed by atoms with van der Waals surface area (Å²) in [6.07, 6.45) is 1.10. The number of carbonyl (C=O) groups is 1. The zero-order valence-corrected chi connectivity index (χ0v) is 14.7. The number of benzene rings is 2. The van der Waals surface area contributed by atoms with Gasteiger partial charge in [-0.25, -0.2) is 8.42 Å². The standard InChI is InChI=1S/C18H22N2O3S/c1-15(16-9-5-3-6-10-16)13-19-18(21)14-20(24(2,22)23)17-11-7-4-8-12-17/h3-12,15H,13-14H2,1-2H3,(H,19,21)/t15-/m0/s1. The molecule has 6 heteroatoms. The van der Waals surface area contributed by atoms with Crippen LogP contribution in [-0.2, 0) is 14.8 Å². The molecule has 0 saturated carbocycles. The fourth-order valence-corrected chi connectivity index (χ4v) is 3.20. The average molecular weight is 346 g/mol. The lowest BCUT2D eigenvalue weighted by atomic mass is 10.0. The van der Waals surface area contributed by atoms with Crippen LogP contribution in [0.25, 0.3) is 0 Å². The van der Waals surface area contributed by atoms with E-state index in [2.05, 4.69) is 5.32 Å². The van der Waals surface area contributed by atoms with Crippen molar-refractivity contribution in [3.05, 3.63) is 66.2 Å². The Labute approximate surface area is 143 Å². The molecular formula is C18H22N2O3S. The molecule has 2 aromatic carbocycles. The minimum atomic E-state index is -3.53. The summed E-state index contributed by atoms with van der Waals surface area (Å²) in [6, 6.07) is 18.5. The molecule has 0 aliphatic heterocycles. The number of nitrogens with zero attached hydrogens (tertiary/aromatic N) is 1. The minimum absolute atomic E-state index is 0.151. The summed E-state index contributed by atoms with van der Waals surface area (Å²) >= 11 is 0. The normalized spacial score (nSPS) is 12.4. The molecule has 24 heavy (non-hydrogen) atoms. The molecule has 0 fully saturated rings. The Balaban J connectivity index is 1.99. The Morgan fingerprint density at radius 3 is 2.12 bits per heavy atom. The SMILES string of the molecule is C[C@@H](CNC(=O)CN(c1ccccc1)S(C)(=O)=O)c1ccccc1. The first-order valence-corrected chi connectivity index (χ1v) is 9.57. The Bertz CT molecular complexity index is 761. The van der Waals surface area contributed by atoms with Crippen LogP contribution in [-0.4, -0.2) is 33.7 Å². The van der Waals surface area contributed by atoms with Crippen LogP contribution in [0.5, 0.6) is 0 Å². The minimum Gasteiger partial charge on any atom is -0.354 e. The first-order chi connectivity index (χ1) is 11.4. The molecule has 1 atom stereocenters. The van der Waals surface area contributed by atoms with Gasteiger partial charge in [0.1, 0.15) is 6.54 Å². The molecule has 0 bridgehead atoms. The van der Waals surface area contributed by atoms with Gasteiger partial charge in [-0.3, -0.25) is 9.10 Å². The van der Waals surface area contributed by atoms with Crippen LogP contribution in [0.2, 0.25) is 0 Å². The summed E-state index contributed by atoms with van der Waals surface area (Å²) in [5.41, 5.74) is 1.60. The molecule has 0 radical (unpaired) electrons. The highest BCUT2D eigenvalue weighted by atomic mass is 32.2. The van der Waals surface area contributed by atoms with E-state index < -0.39 is 10.0 Å². The Morgan fingerprint density at radius 1 is 1.04 bits per heavy atom. The first kappa shape index (κ1) is 18.0. The molecule has 128 valence electrons. The molecule has 0 aliphatic carbocycles. The van der Waals surface area contributed by atoms with Gasteiger partial charge in [0.15, 0.2) is 0 Å². The zero-order valence-electron chi connectivity index (χ0n) is 13.8. The third-order valence-electron chi connectivity index (χ3n) is 3.71.